The molecule has 9 heteroatoms. The second-order valence-electron chi connectivity index (χ2n) is 9.58. The molecular weight excluding hydrogens is 492 g/mol. The van der Waals surface area contributed by atoms with E-state index in [1.54, 1.807) is 0 Å². The molecule has 0 heterocycles. The van der Waals surface area contributed by atoms with E-state index in [9.17, 15) is 39.9 Å². The third-order valence-corrected chi connectivity index (χ3v) is 8.00. The number of phenols is 5. The lowest BCUT2D eigenvalue weighted by molar-refractivity contribution is -0.149. The van der Waals surface area contributed by atoms with Gasteiger partial charge in [-0.25, -0.2) is 0 Å². The molecule has 6 rings (SSSR count). The highest BCUT2D eigenvalue weighted by molar-refractivity contribution is 6.19. The number of hydrogen-bond donors (Lipinski definition) is 5. The van der Waals surface area contributed by atoms with Gasteiger partial charge in [0.2, 0.25) is 0 Å². The summed E-state index contributed by atoms with van der Waals surface area (Å²) in [5.41, 5.74) is -6.24. The molecule has 0 saturated carbocycles. The van der Waals surface area contributed by atoms with Crippen LogP contribution in [-0.2, 0) is 25.2 Å². The zero-order valence-electron chi connectivity index (χ0n) is 19.8. The van der Waals surface area contributed by atoms with Crippen molar-refractivity contribution in [1.82, 2.24) is 0 Å². The molecule has 3 aromatic carbocycles. The maximum Gasteiger partial charge on any atom is 0.322 e. The minimum atomic E-state index is -2.13. The van der Waals surface area contributed by atoms with Crippen molar-refractivity contribution >= 4 is 17.5 Å². The summed E-state index contributed by atoms with van der Waals surface area (Å²) in [7, 11) is 1.11. The number of Topliss-reactive ketones (excluding diaryl/α,β-unsaturated/α-hetero) is 1. The van der Waals surface area contributed by atoms with Gasteiger partial charge in [0.05, 0.1) is 12.5 Å². The van der Waals surface area contributed by atoms with Gasteiger partial charge in [-0.1, -0.05) is 24.3 Å². The highest BCUT2D eigenvalue weighted by Crippen LogP contribution is 2.75. The third-order valence-electron chi connectivity index (χ3n) is 8.00. The minimum absolute atomic E-state index is 0.0355. The van der Waals surface area contributed by atoms with E-state index >= 15 is 0 Å². The maximum atomic E-state index is 14.8. The number of benzene rings is 3. The van der Waals surface area contributed by atoms with Gasteiger partial charge in [-0.05, 0) is 47.5 Å². The first-order chi connectivity index (χ1) is 18.1. The number of ether oxygens (including phenoxy) is 1. The average Bonchev–Trinajstić information content (AvgIpc) is 3.03. The summed E-state index contributed by atoms with van der Waals surface area (Å²) in [6.07, 6.45) is 5.13. The summed E-state index contributed by atoms with van der Waals surface area (Å²) in [6, 6.07) is 9.88. The van der Waals surface area contributed by atoms with Crippen LogP contribution in [0.5, 0.6) is 28.7 Å². The van der Waals surface area contributed by atoms with Crippen LogP contribution in [0.3, 0.4) is 0 Å². The Kier molecular flexibility index (Phi) is 4.46. The van der Waals surface area contributed by atoms with Crippen LogP contribution in [0.25, 0.3) is 0 Å². The Morgan fingerprint density at radius 3 is 1.95 bits per heavy atom. The predicted molar refractivity (Wildman–Crippen MR) is 131 cm³/mol. The van der Waals surface area contributed by atoms with Gasteiger partial charge in [0, 0.05) is 28.8 Å². The molecule has 0 saturated heterocycles. The Morgan fingerprint density at radius 2 is 1.34 bits per heavy atom. The molecule has 2 unspecified atom stereocenters. The molecule has 2 bridgehead atoms. The smallest absolute Gasteiger partial charge is 0.322 e. The molecule has 38 heavy (non-hydrogen) atoms. The molecule has 0 aliphatic heterocycles. The fourth-order valence-electron chi connectivity index (χ4n) is 6.84. The fourth-order valence-corrected chi connectivity index (χ4v) is 6.84. The SMILES string of the molecule is COC(=O)C12c3cc(O)cc(O)c3C(c3ccc(O)cc3)(C(=O)c3cc(O)cc(O)c31)C21C=CC(=O)C=C1. The number of ketones is 2. The molecule has 3 aliphatic rings. The van der Waals surface area contributed by atoms with Gasteiger partial charge in [0.15, 0.2) is 11.6 Å². The number of phenolic OH excluding ortho intramolecular Hbond substituents is 5. The number of hydrogen-bond acceptors (Lipinski definition) is 9. The zero-order chi connectivity index (χ0) is 27.2. The van der Waals surface area contributed by atoms with Crippen LogP contribution in [0.2, 0.25) is 0 Å². The van der Waals surface area contributed by atoms with Gasteiger partial charge in [-0.3, -0.25) is 14.4 Å². The van der Waals surface area contributed by atoms with E-state index in [0.29, 0.717) is 0 Å². The second-order valence-corrected chi connectivity index (χ2v) is 9.58. The second kappa shape index (κ2) is 7.25. The van der Waals surface area contributed by atoms with Gasteiger partial charge in [0.25, 0.3) is 0 Å². The molecule has 0 amide bonds. The normalized spacial score (nSPS) is 23.8. The molecule has 0 aromatic heterocycles. The van der Waals surface area contributed by atoms with Crippen LogP contribution in [0.4, 0.5) is 0 Å². The summed E-state index contributed by atoms with van der Waals surface area (Å²) in [4.78, 5) is 41.4. The molecule has 3 aliphatic carbocycles. The zero-order valence-corrected chi connectivity index (χ0v) is 19.8. The van der Waals surface area contributed by atoms with Gasteiger partial charge < -0.3 is 30.3 Å². The highest BCUT2D eigenvalue weighted by atomic mass is 16.5. The molecule has 0 radical (unpaired) electrons. The van der Waals surface area contributed by atoms with Crippen molar-refractivity contribution in [2.75, 3.05) is 7.11 Å². The van der Waals surface area contributed by atoms with Crippen molar-refractivity contribution in [2.24, 2.45) is 5.41 Å². The lowest BCUT2D eigenvalue weighted by atomic mass is 9.44. The van der Waals surface area contributed by atoms with Crippen LogP contribution in [0, 0.1) is 5.41 Å². The standard InChI is InChI=1S/C29H20O9/c1-38-26(37)29-20-11-18(33)13-22(35)24(20)28(14-2-4-15(30)5-3-14,27(29)8-6-16(31)7-9-27)25(36)19-10-17(32)12-21(34)23(19)29/h2-13,30,32-35H,1H3. The number of fused-ring (bicyclic) bond motifs is 5. The number of methoxy groups -OCH3 is 1. The Morgan fingerprint density at radius 1 is 0.763 bits per heavy atom. The predicted octanol–water partition coefficient (Wildman–Crippen LogP) is 2.85. The summed E-state index contributed by atoms with van der Waals surface area (Å²) in [5, 5.41) is 53.6. The summed E-state index contributed by atoms with van der Waals surface area (Å²) >= 11 is 0. The van der Waals surface area contributed by atoms with Crippen LogP contribution in [0.1, 0.15) is 32.6 Å². The van der Waals surface area contributed by atoms with E-state index in [-0.39, 0.29) is 33.6 Å². The summed E-state index contributed by atoms with van der Waals surface area (Å²) < 4.78 is 5.30. The Balaban J connectivity index is 1.98. The number of aromatic hydroxyl groups is 5. The topological polar surface area (TPSA) is 162 Å². The van der Waals surface area contributed by atoms with Gasteiger partial charge in [-0.15, -0.1) is 0 Å². The lowest BCUT2D eigenvalue weighted by Gasteiger charge is -2.54. The summed E-state index contributed by atoms with van der Waals surface area (Å²) in [5.74, 6) is -4.23. The van der Waals surface area contributed by atoms with Gasteiger partial charge >= 0.3 is 5.97 Å². The molecule has 0 fully saturated rings. The van der Waals surface area contributed by atoms with Crippen molar-refractivity contribution in [1.29, 1.82) is 0 Å². The van der Waals surface area contributed by atoms with E-state index in [1.165, 1.54) is 54.6 Å². The van der Waals surface area contributed by atoms with Crippen LogP contribution in [-0.4, -0.2) is 50.2 Å². The van der Waals surface area contributed by atoms with Crippen molar-refractivity contribution in [3.63, 3.8) is 0 Å². The minimum Gasteiger partial charge on any atom is -0.508 e. The van der Waals surface area contributed by atoms with E-state index in [4.69, 9.17) is 4.74 Å². The maximum absolute atomic E-state index is 14.8. The summed E-state index contributed by atoms with van der Waals surface area (Å²) in [6.45, 7) is 0. The number of esters is 1. The molecule has 190 valence electrons. The number of carbonyl (C=O) groups is 3. The van der Waals surface area contributed by atoms with Crippen molar-refractivity contribution in [2.45, 2.75) is 10.8 Å². The first kappa shape index (κ1) is 23.4. The first-order valence-corrected chi connectivity index (χ1v) is 11.5. The quantitative estimate of drug-likeness (QED) is 0.325. The third kappa shape index (κ3) is 2.34. The lowest BCUT2D eigenvalue weighted by Crippen LogP contribution is -2.62. The number of rotatable bonds is 2. The Labute approximate surface area is 215 Å². The molecular formula is C29H20O9. The Bertz CT molecular complexity index is 1650. The molecule has 2 atom stereocenters. The van der Waals surface area contributed by atoms with Crippen molar-refractivity contribution in [3.8, 4) is 28.7 Å². The van der Waals surface area contributed by atoms with Gasteiger partial charge in [-0.2, -0.15) is 0 Å². The Hall–Kier alpha value is -5.05. The monoisotopic (exact) mass is 512 g/mol. The van der Waals surface area contributed by atoms with E-state index in [0.717, 1.165) is 25.3 Å². The van der Waals surface area contributed by atoms with E-state index in [1.807, 2.05) is 0 Å². The first-order valence-electron chi connectivity index (χ1n) is 11.5. The van der Waals surface area contributed by atoms with Crippen LogP contribution < -0.4 is 0 Å². The molecule has 9 nitrogen and oxygen atoms in total. The van der Waals surface area contributed by atoms with Crippen LogP contribution in [0.15, 0.2) is 72.8 Å². The average molecular weight is 512 g/mol. The van der Waals surface area contributed by atoms with Crippen molar-refractivity contribution in [3.05, 3.63) is 101 Å². The number of allylic oxidation sites excluding steroid dienone is 4. The molecule has 5 N–H and O–H groups in total. The van der Waals surface area contributed by atoms with E-state index in [2.05, 4.69) is 0 Å². The van der Waals surface area contributed by atoms with Crippen molar-refractivity contribution < 1.29 is 44.7 Å². The molecule has 3 aromatic rings. The highest BCUT2D eigenvalue weighted by Gasteiger charge is 2.80. The van der Waals surface area contributed by atoms with Crippen LogP contribution >= 0.6 is 0 Å². The largest absolute Gasteiger partial charge is 0.508 e. The van der Waals surface area contributed by atoms with Gasteiger partial charge in [0.1, 0.15) is 39.6 Å². The molecule has 1 spiro atoms. The van der Waals surface area contributed by atoms with E-state index < -0.39 is 56.8 Å². The fraction of sp³-hybridized carbons (Fsp3) is 0.138. The number of carbonyl (C=O) groups excluding carboxylic acids is 3.